The van der Waals surface area contributed by atoms with Crippen molar-refractivity contribution in [2.45, 2.75) is 58.5 Å². The second kappa shape index (κ2) is 12.8. The number of piperidine rings is 1. The number of nitrogens with zero attached hydrogens (tertiary/aromatic N) is 4. The Morgan fingerprint density at radius 3 is 2.50 bits per heavy atom. The molecule has 42 heavy (non-hydrogen) atoms. The zero-order valence-electron chi connectivity index (χ0n) is 24.9. The predicted octanol–water partition coefficient (Wildman–Crippen LogP) is 3.66. The number of carbonyl (C=O) groups excluding carboxylic acids is 1. The first kappa shape index (κ1) is 30.6. The molecule has 2 saturated carbocycles. The number of aromatic nitrogens is 2. The molecule has 2 heterocycles. The van der Waals surface area contributed by atoms with Gasteiger partial charge in [-0.05, 0) is 101 Å². The summed E-state index contributed by atoms with van der Waals surface area (Å²) in [5.74, 6) is 3.03. The maximum Gasteiger partial charge on any atom is 0.257 e. The molecule has 5 rings (SSSR count). The van der Waals surface area contributed by atoms with Crippen LogP contribution >= 0.6 is 0 Å². The minimum atomic E-state index is -3.14. The van der Waals surface area contributed by atoms with Gasteiger partial charge in [-0.15, -0.1) is 0 Å². The Labute approximate surface area is 248 Å². The number of sulfonamides is 1. The fourth-order valence-corrected chi connectivity index (χ4v) is 7.60. The molecule has 2 aromatic rings. The van der Waals surface area contributed by atoms with Crippen LogP contribution in [-0.4, -0.2) is 80.3 Å². The highest BCUT2D eigenvalue weighted by molar-refractivity contribution is 7.88. The molecule has 1 aromatic carbocycles. The highest BCUT2D eigenvalue weighted by atomic mass is 32.2. The predicted molar refractivity (Wildman–Crippen MR) is 160 cm³/mol. The molecule has 1 amide bonds. The van der Waals surface area contributed by atoms with Crippen molar-refractivity contribution in [3.8, 4) is 11.5 Å². The lowest BCUT2D eigenvalue weighted by Gasteiger charge is -2.29. The third-order valence-electron chi connectivity index (χ3n) is 8.99. The quantitative estimate of drug-likeness (QED) is 0.378. The van der Waals surface area contributed by atoms with E-state index < -0.39 is 15.8 Å². The molecule has 10 nitrogen and oxygen atoms in total. The molecule has 0 bridgehead atoms. The van der Waals surface area contributed by atoms with Crippen molar-refractivity contribution in [3.05, 3.63) is 42.1 Å². The first-order valence-electron chi connectivity index (χ1n) is 15.0. The van der Waals surface area contributed by atoms with Gasteiger partial charge in [-0.3, -0.25) is 4.79 Å². The van der Waals surface area contributed by atoms with Crippen molar-refractivity contribution in [3.63, 3.8) is 0 Å². The van der Waals surface area contributed by atoms with Crippen molar-refractivity contribution in [1.29, 1.82) is 0 Å². The molecule has 1 saturated heterocycles. The van der Waals surface area contributed by atoms with E-state index >= 15 is 0 Å². The second-order valence-electron chi connectivity index (χ2n) is 12.3. The number of rotatable bonds is 12. The van der Waals surface area contributed by atoms with E-state index in [0.29, 0.717) is 41.8 Å². The van der Waals surface area contributed by atoms with E-state index in [-0.39, 0.29) is 29.3 Å². The highest BCUT2D eigenvalue weighted by Crippen LogP contribution is 2.53. The van der Waals surface area contributed by atoms with Gasteiger partial charge in [-0.25, -0.2) is 27.5 Å². The molecule has 1 aliphatic heterocycles. The first-order valence-corrected chi connectivity index (χ1v) is 16.9. The van der Waals surface area contributed by atoms with Crippen LogP contribution in [0.5, 0.6) is 11.5 Å². The summed E-state index contributed by atoms with van der Waals surface area (Å²) in [5.41, 5.74) is 0.177. The van der Waals surface area contributed by atoms with Crippen LogP contribution in [0.15, 0.2) is 30.7 Å². The SMILES string of the molecule is CCN(C(=O)c1cc(F)ccc1Oc1cncnc1N1CC2C(CNCC3CCC(NS(C)(=O)=O)CC3)C2C1)C(C)C. The fraction of sp³-hybridized carbons (Fsp3) is 0.633. The molecule has 0 spiro atoms. The molecule has 3 aliphatic rings. The largest absolute Gasteiger partial charge is 0.451 e. The Bertz CT molecular complexity index is 1360. The minimum Gasteiger partial charge on any atom is -0.451 e. The zero-order valence-corrected chi connectivity index (χ0v) is 25.7. The maximum atomic E-state index is 14.2. The first-order chi connectivity index (χ1) is 20.0. The molecule has 1 aromatic heterocycles. The molecule has 230 valence electrons. The van der Waals surface area contributed by atoms with Crippen molar-refractivity contribution in [2.24, 2.45) is 23.7 Å². The lowest BCUT2D eigenvalue weighted by Crippen LogP contribution is -2.38. The summed E-state index contributed by atoms with van der Waals surface area (Å²) in [6.45, 7) is 9.97. The topological polar surface area (TPSA) is 117 Å². The van der Waals surface area contributed by atoms with Crippen LogP contribution in [0.3, 0.4) is 0 Å². The Balaban J connectivity index is 1.14. The van der Waals surface area contributed by atoms with Gasteiger partial charge in [0.05, 0.1) is 18.0 Å². The van der Waals surface area contributed by atoms with Crippen LogP contribution < -0.4 is 19.7 Å². The number of nitrogens with one attached hydrogen (secondary N) is 2. The van der Waals surface area contributed by atoms with Gasteiger partial charge in [0.2, 0.25) is 10.0 Å². The van der Waals surface area contributed by atoms with Crippen molar-refractivity contribution in [1.82, 2.24) is 24.9 Å². The van der Waals surface area contributed by atoms with E-state index in [0.717, 1.165) is 51.9 Å². The van der Waals surface area contributed by atoms with E-state index in [4.69, 9.17) is 4.74 Å². The summed E-state index contributed by atoms with van der Waals surface area (Å²) < 4.78 is 46.1. The molecule has 2 N–H and O–H groups in total. The molecule has 3 fully saturated rings. The van der Waals surface area contributed by atoms with Gasteiger partial charge in [0.1, 0.15) is 17.9 Å². The fourth-order valence-electron chi connectivity index (χ4n) is 6.76. The number of halogens is 1. The number of hydrogen-bond acceptors (Lipinski definition) is 8. The minimum absolute atomic E-state index is 0.0349. The summed E-state index contributed by atoms with van der Waals surface area (Å²) in [6, 6.07) is 4.05. The van der Waals surface area contributed by atoms with Gasteiger partial charge in [0, 0.05) is 31.7 Å². The van der Waals surface area contributed by atoms with E-state index in [1.165, 1.54) is 30.8 Å². The summed E-state index contributed by atoms with van der Waals surface area (Å²) in [5, 5.41) is 3.68. The van der Waals surface area contributed by atoms with Crippen molar-refractivity contribution >= 4 is 21.7 Å². The van der Waals surface area contributed by atoms with Gasteiger partial charge >= 0.3 is 0 Å². The van der Waals surface area contributed by atoms with Crippen molar-refractivity contribution in [2.75, 3.05) is 43.9 Å². The number of carbonyl (C=O) groups is 1. The number of ether oxygens (including phenoxy) is 1. The van der Waals surface area contributed by atoms with Crippen molar-refractivity contribution < 1.29 is 22.3 Å². The van der Waals surface area contributed by atoms with Crippen LogP contribution in [0, 0.1) is 29.5 Å². The van der Waals surface area contributed by atoms with Crippen LogP contribution in [0.4, 0.5) is 10.2 Å². The van der Waals surface area contributed by atoms with Gasteiger partial charge in [-0.2, -0.15) is 0 Å². The Morgan fingerprint density at radius 2 is 1.86 bits per heavy atom. The lowest BCUT2D eigenvalue weighted by molar-refractivity contribution is 0.0713. The van der Waals surface area contributed by atoms with E-state index in [9.17, 15) is 17.6 Å². The number of anilines is 1. The average molecular weight is 603 g/mol. The second-order valence-corrected chi connectivity index (χ2v) is 14.1. The normalized spacial score (nSPS) is 25.4. The maximum absolute atomic E-state index is 14.2. The molecular formula is C30H43FN6O4S. The molecule has 2 atom stereocenters. The van der Waals surface area contributed by atoms with E-state index in [1.54, 1.807) is 11.1 Å². The number of amides is 1. The summed E-state index contributed by atoms with van der Waals surface area (Å²) in [6.07, 6.45) is 8.20. The molecule has 2 unspecified atom stereocenters. The molecule has 2 aliphatic carbocycles. The van der Waals surface area contributed by atoms with Crippen LogP contribution in [0.25, 0.3) is 0 Å². The number of benzene rings is 1. The molecule has 12 heteroatoms. The Kier molecular flexibility index (Phi) is 9.34. The third kappa shape index (κ3) is 7.20. The highest BCUT2D eigenvalue weighted by Gasteiger charge is 2.55. The Hall–Kier alpha value is -2.83. The third-order valence-corrected chi connectivity index (χ3v) is 9.75. The monoisotopic (exact) mass is 602 g/mol. The van der Waals surface area contributed by atoms with E-state index in [2.05, 4.69) is 24.9 Å². The standard InChI is InChI=1S/C30H43FN6O4S/c1-5-37(19(2)3)30(38)23-12-21(31)8-11-27(23)41-28-15-33-18-34-29(28)36-16-25-24(26(25)17-36)14-32-13-20-6-9-22(10-7-20)35-42(4,39)40/h8,11-12,15,18-20,22,24-26,32,35H,5-7,9-10,13-14,16-17H2,1-4H3. The number of fused-ring (bicyclic) bond motifs is 1. The zero-order chi connectivity index (χ0) is 30.0. The van der Waals surface area contributed by atoms with Gasteiger partial charge in [0.25, 0.3) is 5.91 Å². The van der Waals surface area contributed by atoms with Crippen LogP contribution in [0.1, 0.15) is 56.8 Å². The average Bonchev–Trinajstić information content (AvgIpc) is 3.37. The van der Waals surface area contributed by atoms with Gasteiger partial charge in [0.15, 0.2) is 11.6 Å². The van der Waals surface area contributed by atoms with Gasteiger partial charge in [-0.1, -0.05) is 0 Å². The van der Waals surface area contributed by atoms with Gasteiger partial charge < -0.3 is 19.9 Å². The number of hydrogen-bond donors (Lipinski definition) is 2. The van der Waals surface area contributed by atoms with Crippen LogP contribution in [0.2, 0.25) is 0 Å². The summed E-state index contributed by atoms with van der Waals surface area (Å²) in [4.78, 5) is 25.8. The lowest BCUT2D eigenvalue weighted by atomic mass is 9.86. The smallest absolute Gasteiger partial charge is 0.257 e. The molecule has 0 radical (unpaired) electrons. The summed E-state index contributed by atoms with van der Waals surface area (Å²) in [7, 11) is -3.14. The molecular weight excluding hydrogens is 559 g/mol. The summed E-state index contributed by atoms with van der Waals surface area (Å²) >= 11 is 0. The van der Waals surface area contributed by atoms with Crippen LogP contribution in [-0.2, 0) is 10.0 Å². The van der Waals surface area contributed by atoms with E-state index in [1.807, 2.05) is 20.8 Å². The Morgan fingerprint density at radius 1 is 1.14 bits per heavy atom.